The van der Waals surface area contributed by atoms with Crippen molar-refractivity contribution in [2.24, 2.45) is 0 Å². The second kappa shape index (κ2) is 4.91. The van der Waals surface area contributed by atoms with Crippen LogP contribution in [0.3, 0.4) is 0 Å². The van der Waals surface area contributed by atoms with Gasteiger partial charge in [0.25, 0.3) is 6.43 Å². The minimum atomic E-state index is -3.31. The van der Waals surface area contributed by atoms with Crippen molar-refractivity contribution in [1.82, 2.24) is 4.98 Å². The smallest absolute Gasteiger partial charge is 0.311 e. The Labute approximate surface area is 88.0 Å². The van der Waals surface area contributed by atoms with E-state index in [4.69, 9.17) is 0 Å². The maximum Gasteiger partial charge on any atom is 0.311 e. The number of alkyl halides is 2. The van der Waals surface area contributed by atoms with E-state index in [0.717, 1.165) is 7.11 Å². The molecule has 0 atom stereocenters. The van der Waals surface area contributed by atoms with Crippen molar-refractivity contribution < 1.29 is 27.1 Å². The molecule has 16 heavy (non-hydrogen) atoms. The predicted molar refractivity (Wildman–Crippen MR) is 44.8 cm³/mol. The molecule has 0 aliphatic rings. The minimum absolute atomic E-state index is 0.447. The summed E-state index contributed by atoms with van der Waals surface area (Å²) in [4.78, 5) is 14.0. The summed E-state index contributed by atoms with van der Waals surface area (Å²) in [6.45, 7) is 0. The highest BCUT2D eigenvalue weighted by Crippen LogP contribution is 2.26. The van der Waals surface area contributed by atoms with E-state index in [1.54, 1.807) is 0 Å². The zero-order valence-corrected chi connectivity index (χ0v) is 8.14. The Morgan fingerprint density at radius 3 is 2.62 bits per heavy atom. The molecular weight excluding hydrogens is 230 g/mol. The Morgan fingerprint density at radius 1 is 1.50 bits per heavy atom. The largest absolute Gasteiger partial charge is 0.469 e. The Kier molecular flexibility index (Phi) is 3.81. The summed E-state index contributed by atoms with van der Waals surface area (Å²) >= 11 is 0. The van der Waals surface area contributed by atoms with Gasteiger partial charge in [0.15, 0.2) is 11.6 Å². The van der Waals surface area contributed by atoms with E-state index in [0.29, 0.717) is 6.20 Å². The number of carbonyl (C=O) groups is 1. The molecule has 0 aliphatic carbocycles. The highest BCUT2D eigenvalue weighted by Gasteiger charge is 2.23. The fourth-order valence-electron chi connectivity index (χ4n) is 1.05. The van der Waals surface area contributed by atoms with Gasteiger partial charge in [-0.2, -0.15) is 0 Å². The first-order chi connectivity index (χ1) is 7.47. The van der Waals surface area contributed by atoms with Gasteiger partial charge in [-0.1, -0.05) is 0 Å². The van der Waals surface area contributed by atoms with Crippen LogP contribution < -0.4 is 0 Å². The van der Waals surface area contributed by atoms with Crippen molar-refractivity contribution in [3.63, 3.8) is 0 Å². The van der Waals surface area contributed by atoms with E-state index in [-0.39, 0.29) is 0 Å². The van der Waals surface area contributed by atoms with Crippen LogP contribution in [0.2, 0.25) is 0 Å². The summed E-state index contributed by atoms with van der Waals surface area (Å²) in [7, 11) is 1.05. The Morgan fingerprint density at radius 2 is 2.12 bits per heavy atom. The third kappa shape index (κ3) is 2.47. The zero-order valence-electron chi connectivity index (χ0n) is 8.14. The number of hydrogen-bond donors (Lipinski definition) is 0. The summed E-state index contributed by atoms with van der Waals surface area (Å²) in [5.41, 5.74) is -1.95. The van der Waals surface area contributed by atoms with Crippen molar-refractivity contribution >= 4 is 5.97 Å². The number of hydrogen-bond acceptors (Lipinski definition) is 3. The lowest BCUT2D eigenvalue weighted by molar-refractivity contribution is -0.139. The highest BCUT2D eigenvalue weighted by atomic mass is 19.3. The number of ether oxygens (including phenoxy) is 1. The molecule has 0 saturated carbocycles. The van der Waals surface area contributed by atoms with Gasteiger partial charge in [0, 0.05) is 0 Å². The third-order valence-electron chi connectivity index (χ3n) is 1.84. The standard InChI is InChI=1S/C9H7F4NO2/c1-16-6(15)2-5-8(11)7(9(12)13)4(10)3-14-5/h3,9H,2H2,1H3. The first-order valence-corrected chi connectivity index (χ1v) is 4.15. The fraction of sp³-hybridized carbons (Fsp3) is 0.333. The molecule has 7 heteroatoms. The van der Waals surface area contributed by atoms with Crippen molar-refractivity contribution in [1.29, 1.82) is 0 Å². The Balaban J connectivity index is 3.13. The Bertz CT molecular complexity index is 409. The van der Waals surface area contributed by atoms with Crippen LogP contribution in [0.4, 0.5) is 17.6 Å². The van der Waals surface area contributed by atoms with Gasteiger partial charge in [0.05, 0.1) is 31.0 Å². The van der Waals surface area contributed by atoms with Crippen molar-refractivity contribution in [2.45, 2.75) is 12.8 Å². The molecule has 1 rings (SSSR count). The van der Waals surface area contributed by atoms with Crippen molar-refractivity contribution in [3.8, 4) is 0 Å². The normalized spacial score (nSPS) is 10.6. The SMILES string of the molecule is COC(=O)Cc1ncc(F)c(C(F)F)c1F. The molecule has 0 bridgehead atoms. The van der Waals surface area contributed by atoms with Crippen LogP contribution in [0, 0.1) is 11.6 Å². The number of rotatable bonds is 3. The molecule has 0 amide bonds. The van der Waals surface area contributed by atoms with Gasteiger partial charge in [-0.3, -0.25) is 9.78 Å². The van der Waals surface area contributed by atoms with E-state index >= 15 is 0 Å². The van der Waals surface area contributed by atoms with Crippen LogP contribution in [0.15, 0.2) is 6.20 Å². The molecule has 0 aromatic carbocycles. The molecule has 0 radical (unpaired) electrons. The van der Waals surface area contributed by atoms with Crippen LogP contribution in [-0.4, -0.2) is 18.1 Å². The van der Waals surface area contributed by atoms with Crippen LogP contribution in [0.1, 0.15) is 17.7 Å². The first-order valence-electron chi connectivity index (χ1n) is 4.15. The topological polar surface area (TPSA) is 39.2 Å². The van der Waals surface area contributed by atoms with Crippen LogP contribution >= 0.6 is 0 Å². The molecule has 0 N–H and O–H groups in total. The van der Waals surface area contributed by atoms with Crippen molar-refractivity contribution in [3.05, 3.63) is 29.1 Å². The van der Waals surface area contributed by atoms with E-state index in [1.165, 1.54) is 0 Å². The molecule has 1 aromatic heterocycles. The Hall–Kier alpha value is -1.66. The molecule has 0 saturated heterocycles. The van der Waals surface area contributed by atoms with Crippen molar-refractivity contribution in [2.75, 3.05) is 7.11 Å². The molecule has 1 aromatic rings. The maximum atomic E-state index is 13.3. The first kappa shape index (κ1) is 12.4. The number of halogens is 4. The number of aromatic nitrogens is 1. The molecule has 3 nitrogen and oxygen atoms in total. The summed E-state index contributed by atoms with van der Waals surface area (Å²) in [6, 6.07) is 0. The lowest BCUT2D eigenvalue weighted by atomic mass is 10.1. The number of nitrogens with zero attached hydrogens (tertiary/aromatic N) is 1. The molecule has 1 heterocycles. The number of pyridine rings is 1. The van der Waals surface area contributed by atoms with E-state index in [9.17, 15) is 22.4 Å². The van der Waals surface area contributed by atoms with Crippen LogP contribution in [0.25, 0.3) is 0 Å². The third-order valence-corrected chi connectivity index (χ3v) is 1.84. The fourth-order valence-corrected chi connectivity index (χ4v) is 1.05. The highest BCUT2D eigenvalue weighted by molar-refractivity contribution is 5.71. The second-order valence-corrected chi connectivity index (χ2v) is 2.83. The van der Waals surface area contributed by atoms with Gasteiger partial charge < -0.3 is 4.74 Å². The minimum Gasteiger partial charge on any atom is -0.469 e. The molecule has 0 fully saturated rings. The monoisotopic (exact) mass is 237 g/mol. The molecule has 88 valence electrons. The quantitative estimate of drug-likeness (QED) is 0.596. The summed E-state index contributed by atoms with van der Waals surface area (Å²) in [6.07, 6.45) is -3.48. The maximum absolute atomic E-state index is 13.3. The van der Waals surface area contributed by atoms with Crippen LogP contribution in [0.5, 0.6) is 0 Å². The molecular formula is C9H7F4NO2. The summed E-state index contributed by atoms with van der Waals surface area (Å²) in [5.74, 6) is -3.81. The van der Waals surface area contributed by atoms with Gasteiger partial charge in [-0.05, 0) is 0 Å². The zero-order chi connectivity index (χ0) is 12.3. The number of methoxy groups -OCH3 is 1. The van der Waals surface area contributed by atoms with Gasteiger partial charge in [0.1, 0.15) is 0 Å². The second-order valence-electron chi connectivity index (χ2n) is 2.83. The number of esters is 1. The molecule has 0 spiro atoms. The van der Waals surface area contributed by atoms with E-state index in [1.807, 2.05) is 0 Å². The average molecular weight is 237 g/mol. The lowest BCUT2D eigenvalue weighted by Gasteiger charge is -2.07. The van der Waals surface area contributed by atoms with E-state index < -0.39 is 41.7 Å². The van der Waals surface area contributed by atoms with Gasteiger partial charge >= 0.3 is 5.97 Å². The summed E-state index contributed by atoms with van der Waals surface area (Å²) < 4.78 is 54.8. The lowest BCUT2D eigenvalue weighted by Crippen LogP contribution is -2.11. The van der Waals surface area contributed by atoms with Gasteiger partial charge in [0.2, 0.25) is 0 Å². The van der Waals surface area contributed by atoms with Crippen LogP contribution in [-0.2, 0) is 16.0 Å². The van der Waals surface area contributed by atoms with Gasteiger partial charge in [-0.25, -0.2) is 17.6 Å². The summed E-state index contributed by atoms with van der Waals surface area (Å²) in [5, 5.41) is 0. The predicted octanol–water partition coefficient (Wildman–Crippen LogP) is 2.01. The average Bonchev–Trinajstić information content (AvgIpc) is 2.21. The number of carbonyl (C=O) groups excluding carboxylic acids is 1. The molecule has 0 aliphatic heterocycles. The van der Waals surface area contributed by atoms with Gasteiger partial charge in [-0.15, -0.1) is 0 Å². The van der Waals surface area contributed by atoms with E-state index in [2.05, 4.69) is 9.72 Å². The molecule has 0 unspecified atom stereocenters.